The van der Waals surface area contributed by atoms with E-state index >= 15 is 0 Å². The summed E-state index contributed by atoms with van der Waals surface area (Å²) in [7, 11) is 0. The van der Waals surface area contributed by atoms with Gasteiger partial charge < -0.3 is 9.30 Å². The maximum absolute atomic E-state index is 12.9. The Balaban J connectivity index is 1.50. The summed E-state index contributed by atoms with van der Waals surface area (Å²) in [6.45, 7) is 5.14. The Morgan fingerprint density at radius 1 is 1.26 bits per heavy atom. The third-order valence-corrected chi connectivity index (χ3v) is 5.47. The first-order valence-corrected chi connectivity index (χ1v) is 9.99. The van der Waals surface area contributed by atoms with Crippen molar-refractivity contribution in [2.45, 2.75) is 52.1 Å². The van der Waals surface area contributed by atoms with Crippen LogP contribution in [0.1, 0.15) is 40.2 Å². The second-order valence-electron chi connectivity index (χ2n) is 7.68. The van der Waals surface area contributed by atoms with Crippen molar-refractivity contribution in [3.63, 3.8) is 0 Å². The first kappa shape index (κ1) is 21.2. The van der Waals surface area contributed by atoms with Gasteiger partial charge in [-0.15, -0.1) is 10.2 Å². The molecule has 1 aliphatic heterocycles. The zero-order valence-corrected chi connectivity index (χ0v) is 17.2. The quantitative estimate of drug-likeness (QED) is 0.552. The molecule has 0 saturated carbocycles. The third-order valence-electron chi connectivity index (χ3n) is 5.47. The van der Waals surface area contributed by atoms with Crippen LogP contribution in [0.5, 0.6) is 0 Å². The lowest BCUT2D eigenvalue weighted by molar-refractivity contribution is -0.137. The zero-order chi connectivity index (χ0) is 22.2. The Labute approximate surface area is 176 Å². The summed E-state index contributed by atoms with van der Waals surface area (Å²) in [5.74, 6) is -0.164. The summed E-state index contributed by atoms with van der Waals surface area (Å²) in [5, 5.41) is 11.7. The largest absolute Gasteiger partial charge is 0.416 e. The average molecular weight is 433 g/mol. The standard InChI is InChI=1S/C21H22F3N5O2/c1-13-9-18(14(2)28(13)11-17-7-4-8-31-17)19(30)12-29-26-20(25-27-29)15-5-3-6-16(10-15)21(22,23)24/h3,5-6,9-10,17H,4,7-8,11-12H2,1-2H3/t17-/m0/s1. The molecule has 0 radical (unpaired) electrons. The number of Topliss-reactive ketones (excluding diaryl/α,β-unsaturated/α-hetero) is 1. The van der Waals surface area contributed by atoms with E-state index in [-0.39, 0.29) is 29.8 Å². The number of ketones is 1. The van der Waals surface area contributed by atoms with E-state index in [2.05, 4.69) is 20.0 Å². The molecule has 10 heteroatoms. The Morgan fingerprint density at radius 3 is 2.77 bits per heavy atom. The highest BCUT2D eigenvalue weighted by Gasteiger charge is 2.31. The fraction of sp³-hybridized carbons (Fsp3) is 0.429. The van der Waals surface area contributed by atoms with Gasteiger partial charge in [-0.1, -0.05) is 12.1 Å². The van der Waals surface area contributed by atoms with Crippen LogP contribution < -0.4 is 0 Å². The molecule has 3 aromatic rings. The summed E-state index contributed by atoms with van der Waals surface area (Å²) < 4.78 is 46.6. The van der Waals surface area contributed by atoms with Crippen molar-refractivity contribution < 1.29 is 22.7 Å². The number of tetrazole rings is 1. The number of alkyl halides is 3. The molecular formula is C21H22F3N5O2. The van der Waals surface area contributed by atoms with Gasteiger partial charge in [-0.2, -0.15) is 18.0 Å². The monoisotopic (exact) mass is 433 g/mol. The molecular weight excluding hydrogens is 411 g/mol. The molecule has 0 bridgehead atoms. The molecule has 1 fully saturated rings. The number of carbonyl (C=O) groups is 1. The second kappa shape index (κ2) is 8.26. The predicted molar refractivity (Wildman–Crippen MR) is 105 cm³/mol. The fourth-order valence-corrected chi connectivity index (χ4v) is 3.83. The Morgan fingerprint density at radius 2 is 2.06 bits per heavy atom. The van der Waals surface area contributed by atoms with Gasteiger partial charge in [-0.05, 0) is 50.1 Å². The minimum absolute atomic E-state index is 0.0303. The SMILES string of the molecule is Cc1cc(C(=O)Cn2nnc(-c3cccc(C(F)(F)F)c3)n2)c(C)n1C[C@@H]1CCCO1. The van der Waals surface area contributed by atoms with Gasteiger partial charge in [0.1, 0.15) is 6.54 Å². The number of aryl methyl sites for hydroxylation is 1. The summed E-state index contributed by atoms with van der Waals surface area (Å²) in [5.41, 5.74) is 1.76. The Bertz CT molecular complexity index is 1100. The van der Waals surface area contributed by atoms with Crippen LogP contribution in [-0.2, 0) is 24.0 Å². The first-order chi connectivity index (χ1) is 14.7. The molecule has 164 valence electrons. The van der Waals surface area contributed by atoms with Gasteiger partial charge in [0.15, 0.2) is 5.78 Å². The maximum Gasteiger partial charge on any atom is 0.416 e. The molecule has 2 aromatic heterocycles. The first-order valence-electron chi connectivity index (χ1n) is 9.99. The van der Waals surface area contributed by atoms with Gasteiger partial charge >= 0.3 is 6.18 Å². The number of ether oxygens (including phenoxy) is 1. The number of hydrogen-bond acceptors (Lipinski definition) is 5. The Kier molecular flexibility index (Phi) is 5.65. The molecule has 3 heterocycles. The van der Waals surface area contributed by atoms with Crippen molar-refractivity contribution in [1.29, 1.82) is 0 Å². The van der Waals surface area contributed by atoms with Crippen LogP contribution in [0.2, 0.25) is 0 Å². The van der Waals surface area contributed by atoms with E-state index in [0.717, 1.165) is 47.8 Å². The van der Waals surface area contributed by atoms with Crippen LogP contribution in [0.3, 0.4) is 0 Å². The normalized spacial score (nSPS) is 16.7. The summed E-state index contributed by atoms with van der Waals surface area (Å²) in [6, 6.07) is 6.52. The van der Waals surface area contributed by atoms with Crippen molar-refractivity contribution in [1.82, 2.24) is 24.8 Å². The maximum atomic E-state index is 12.9. The van der Waals surface area contributed by atoms with E-state index in [9.17, 15) is 18.0 Å². The van der Waals surface area contributed by atoms with Crippen LogP contribution in [-0.4, -0.2) is 43.3 Å². The highest BCUT2D eigenvalue weighted by Crippen LogP contribution is 2.31. The van der Waals surface area contributed by atoms with Crippen molar-refractivity contribution >= 4 is 5.78 Å². The molecule has 7 nitrogen and oxygen atoms in total. The van der Waals surface area contributed by atoms with Crippen molar-refractivity contribution in [3.05, 3.63) is 52.8 Å². The van der Waals surface area contributed by atoms with Gasteiger partial charge in [0, 0.05) is 35.7 Å². The number of nitrogens with zero attached hydrogens (tertiary/aromatic N) is 5. The van der Waals surface area contributed by atoms with Crippen LogP contribution >= 0.6 is 0 Å². The summed E-state index contributed by atoms with van der Waals surface area (Å²) in [4.78, 5) is 13.9. The van der Waals surface area contributed by atoms with Gasteiger partial charge in [-0.3, -0.25) is 4.79 Å². The number of hydrogen-bond donors (Lipinski definition) is 0. The number of benzene rings is 1. The van der Waals surface area contributed by atoms with Gasteiger partial charge in [-0.25, -0.2) is 0 Å². The number of aromatic nitrogens is 5. The molecule has 4 rings (SSSR count). The van der Waals surface area contributed by atoms with Crippen LogP contribution in [0.4, 0.5) is 13.2 Å². The minimum atomic E-state index is -4.46. The summed E-state index contributed by atoms with van der Waals surface area (Å²) in [6.07, 6.45) is -2.27. The van der Waals surface area contributed by atoms with Crippen LogP contribution in [0.15, 0.2) is 30.3 Å². The number of halogens is 3. The van der Waals surface area contributed by atoms with Crippen molar-refractivity contribution in [2.24, 2.45) is 0 Å². The fourth-order valence-electron chi connectivity index (χ4n) is 3.83. The number of rotatable bonds is 6. The molecule has 0 amide bonds. The lowest BCUT2D eigenvalue weighted by Gasteiger charge is -2.14. The molecule has 1 saturated heterocycles. The van der Waals surface area contributed by atoms with E-state index in [1.54, 1.807) is 0 Å². The summed E-state index contributed by atoms with van der Waals surface area (Å²) >= 11 is 0. The molecule has 1 aromatic carbocycles. The molecule has 0 aliphatic carbocycles. The van der Waals surface area contributed by atoms with Gasteiger partial charge in [0.05, 0.1) is 11.7 Å². The number of carbonyl (C=O) groups excluding carboxylic acids is 1. The van der Waals surface area contributed by atoms with Crippen LogP contribution in [0.25, 0.3) is 11.4 Å². The third kappa shape index (κ3) is 4.53. The van der Waals surface area contributed by atoms with E-state index in [0.29, 0.717) is 12.1 Å². The second-order valence-corrected chi connectivity index (χ2v) is 7.68. The smallest absolute Gasteiger partial charge is 0.376 e. The van der Waals surface area contributed by atoms with Crippen molar-refractivity contribution in [2.75, 3.05) is 6.61 Å². The lowest BCUT2D eigenvalue weighted by atomic mass is 10.1. The van der Waals surface area contributed by atoms with E-state index in [1.807, 2.05) is 19.9 Å². The highest BCUT2D eigenvalue weighted by molar-refractivity contribution is 5.97. The molecule has 31 heavy (non-hydrogen) atoms. The predicted octanol–water partition coefficient (Wildman–Crippen LogP) is 3.84. The van der Waals surface area contributed by atoms with Crippen LogP contribution in [0, 0.1) is 13.8 Å². The Hall–Kier alpha value is -3.01. The molecule has 1 aliphatic rings. The van der Waals surface area contributed by atoms with E-state index < -0.39 is 11.7 Å². The van der Waals surface area contributed by atoms with Crippen molar-refractivity contribution in [3.8, 4) is 11.4 Å². The zero-order valence-electron chi connectivity index (χ0n) is 17.2. The average Bonchev–Trinajstić information content (AvgIpc) is 3.46. The highest BCUT2D eigenvalue weighted by atomic mass is 19.4. The van der Waals surface area contributed by atoms with Gasteiger partial charge in [0.2, 0.25) is 5.82 Å². The van der Waals surface area contributed by atoms with E-state index in [4.69, 9.17) is 4.74 Å². The lowest BCUT2D eigenvalue weighted by Crippen LogP contribution is -2.18. The van der Waals surface area contributed by atoms with E-state index in [1.165, 1.54) is 12.1 Å². The molecule has 0 unspecified atom stereocenters. The molecule has 0 N–H and O–H groups in total. The van der Waals surface area contributed by atoms with Gasteiger partial charge in [0.25, 0.3) is 0 Å². The molecule has 1 atom stereocenters. The minimum Gasteiger partial charge on any atom is -0.376 e. The topological polar surface area (TPSA) is 74.8 Å². The molecule has 0 spiro atoms.